The highest BCUT2D eigenvalue weighted by Gasteiger charge is 2.09. The van der Waals surface area contributed by atoms with E-state index in [0.29, 0.717) is 6.61 Å². The lowest BCUT2D eigenvalue weighted by Crippen LogP contribution is -2.13. The van der Waals surface area contributed by atoms with Crippen molar-refractivity contribution >= 4 is 0 Å². The number of hydrogen-bond acceptors (Lipinski definition) is 3. The van der Waals surface area contributed by atoms with Crippen LogP contribution in [0.15, 0.2) is 0 Å². The molecule has 0 aliphatic carbocycles. The van der Waals surface area contributed by atoms with Gasteiger partial charge in [-0.2, -0.15) is 0 Å². The average Bonchev–Trinajstić information content (AvgIpc) is 2.24. The first kappa shape index (κ1) is 14.9. The second-order valence-corrected chi connectivity index (χ2v) is 3.89. The molecule has 0 heterocycles. The molecule has 0 amide bonds. The molecule has 1 unspecified atom stereocenters. The number of rotatable bonds is 11. The smallest absolute Gasteiger partial charge is 0.0961 e. The van der Waals surface area contributed by atoms with E-state index in [1.165, 1.54) is 19.3 Å². The second kappa shape index (κ2) is 12.0. The van der Waals surface area contributed by atoms with Crippen LogP contribution in [-0.4, -0.2) is 12.7 Å². The maximum absolute atomic E-state index is 5.21. The molecular weight excluding hydrogens is 192 g/mol. The fourth-order valence-electron chi connectivity index (χ4n) is 1.39. The molecule has 0 spiro atoms. The summed E-state index contributed by atoms with van der Waals surface area (Å²) in [7, 11) is 0. The Kier molecular flexibility index (Phi) is 11.9. The fourth-order valence-corrected chi connectivity index (χ4v) is 1.39. The summed E-state index contributed by atoms with van der Waals surface area (Å²) < 4.78 is 0. The van der Waals surface area contributed by atoms with Crippen LogP contribution in [0.5, 0.6) is 0 Å². The van der Waals surface area contributed by atoms with E-state index in [9.17, 15) is 0 Å². The summed E-state index contributed by atoms with van der Waals surface area (Å²) in [6, 6.07) is 0. The zero-order chi connectivity index (χ0) is 11.4. The van der Waals surface area contributed by atoms with Gasteiger partial charge in [-0.05, 0) is 19.3 Å². The third-order valence-electron chi connectivity index (χ3n) is 2.25. The maximum atomic E-state index is 5.21. The van der Waals surface area contributed by atoms with Gasteiger partial charge in [0, 0.05) is 0 Å². The van der Waals surface area contributed by atoms with Crippen molar-refractivity contribution in [2.45, 2.75) is 71.8 Å². The molecular formula is C12H26O3. The van der Waals surface area contributed by atoms with Crippen molar-refractivity contribution in [1.82, 2.24) is 0 Å². The van der Waals surface area contributed by atoms with Crippen LogP contribution in [-0.2, 0) is 14.8 Å². The Morgan fingerprint density at radius 2 is 1.67 bits per heavy atom. The van der Waals surface area contributed by atoms with E-state index < -0.39 is 0 Å². The van der Waals surface area contributed by atoms with Gasteiger partial charge in [-0.3, -0.25) is 0 Å². The van der Waals surface area contributed by atoms with Crippen LogP contribution in [0.1, 0.15) is 65.7 Å². The highest BCUT2D eigenvalue weighted by atomic mass is 17.5. The molecule has 0 N–H and O–H groups in total. The maximum Gasteiger partial charge on any atom is 0.0961 e. The molecule has 1 atom stereocenters. The van der Waals surface area contributed by atoms with Crippen molar-refractivity contribution in [3.63, 3.8) is 0 Å². The molecule has 3 nitrogen and oxygen atoms in total. The number of unbranched alkanes of at least 4 members (excludes halogenated alkanes) is 2. The second-order valence-electron chi connectivity index (χ2n) is 3.89. The van der Waals surface area contributed by atoms with Crippen LogP contribution in [0.4, 0.5) is 0 Å². The third-order valence-corrected chi connectivity index (χ3v) is 2.25. The van der Waals surface area contributed by atoms with Crippen LogP contribution in [0.3, 0.4) is 0 Å². The van der Waals surface area contributed by atoms with Crippen molar-refractivity contribution in [3.05, 3.63) is 0 Å². The van der Waals surface area contributed by atoms with E-state index in [-0.39, 0.29) is 6.10 Å². The molecule has 0 aliphatic rings. The summed E-state index contributed by atoms with van der Waals surface area (Å²) in [6.07, 6.45) is 8.07. The van der Waals surface area contributed by atoms with Gasteiger partial charge in [0.15, 0.2) is 0 Å². The SMILES string of the molecule is CCCCCC(CCC)OOOCCC. The van der Waals surface area contributed by atoms with Gasteiger partial charge in [-0.1, -0.05) is 51.5 Å². The highest BCUT2D eigenvalue weighted by molar-refractivity contribution is 4.55. The predicted molar refractivity (Wildman–Crippen MR) is 61.3 cm³/mol. The topological polar surface area (TPSA) is 27.7 Å². The van der Waals surface area contributed by atoms with Gasteiger partial charge >= 0.3 is 0 Å². The van der Waals surface area contributed by atoms with Crippen molar-refractivity contribution in [3.8, 4) is 0 Å². The Hall–Kier alpha value is -0.120. The highest BCUT2D eigenvalue weighted by Crippen LogP contribution is 2.12. The first-order valence-electron chi connectivity index (χ1n) is 6.30. The minimum absolute atomic E-state index is 0.193. The third kappa shape index (κ3) is 10.2. The summed E-state index contributed by atoms with van der Waals surface area (Å²) in [4.78, 5) is 10.1. The lowest BCUT2D eigenvalue weighted by atomic mass is 10.1. The molecule has 15 heavy (non-hydrogen) atoms. The monoisotopic (exact) mass is 218 g/mol. The molecule has 3 heteroatoms. The van der Waals surface area contributed by atoms with Crippen molar-refractivity contribution < 1.29 is 14.8 Å². The van der Waals surface area contributed by atoms with Crippen LogP contribution in [0, 0.1) is 0 Å². The summed E-state index contributed by atoms with van der Waals surface area (Å²) in [5, 5.41) is 4.72. The molecule has 0 rings (SSSR count). The quantitative estimate of drug-likeness (QED) is 0.298. The molecule has 0 fully saturated rings. The minimum atomic E-state index is 0.193. The molecule has 0 aliphatic heterocycles. The van der Waals surface area contributed by atoms with Gasteiger partial charge in [0.1, 0.15) is 0 Å². The van der Waals surface area contributed by atoms with Gasteiger partial charge in [0.2, 0.25) is 0 Å². The van der Waals surface area contributed by atoms with Crippen molar-refractivity contribution in [2.24, 2.45) is 0 Å². The van der Waals surface area contributed by atoms with Gasteiger partial charge in [-0.15, -0.1) is 0 Å². The van der Waals surface area contributed by atoms with Crippen LogP contribution in [0.25, 0.3) is 0 Å². The summed E-state index contributed by atoms with van der Waals surface area (Å²) in [5.74, 6) is 0. The first-order chi connectivity index (χ1) is 7.35. The lowest BCUT2D eigenvalue weighted by Gasteiger charge is -2.14. The van der Waals surface area contributed by atoms with Gasteiger partial charge in [0.25, 0.3) is 0 Å². The number of hydrogen-bond donors (Lipinski definition) is 0. The Balaban J connectivity index is 3.44. The molecule has 0 saturated carbocycles. The minimum Gasteiger partial charge on any atom is -0.206 e. The molecule has 0 aromatic carbocycles. The molecule has 0 saturated heterocycles. The fraction of sp³-hybridized carbons (Fsp3) is 1.00. The van der Waals surface area contributed by atoms with Crippen molar-refractivity contribution in [1.29, 1.82) is 0 Å². The van der Waals surface area contributed by atoms with Crippen LogP contribution < -0.4 is 0 Å². The molecule has 0 aromatic rings. The average molecular weight is 218 g/mol. The Morgan fingerprint density at radius 1 is 0.867 bits per heavy atom. The lowest BCUT2D eigenvalue weighted by molar-refractivity contribution is -0.527. The Labute approximate surface area is 94.0 Å². The van der Waals surface area contributed by atoms with Crippen LogP contribution in [0.2, 0.25) is 0 Å². The van der Waals surface area contributed by atoms with E-state index in [1.807, 2.05) is 6.92 Å². The van der Waals surface area contributed by atoms with Gasteiger partial charge in [-0.25, -0.2) is 9.78 Å². The molecule has 0 bridgehead atoms. The van der Waals surface area contributed by atoms with E-state index >= 15 is 0 Å². The normalized spacial score (nSPS) is 13.0. The zero-order valence-electron chi connectivity index (χ0n) is 10.5. The molecule has 92 valence electrons. The standard InChI is InChI=1S/C12H26O3/c1-4-7-8-10-12(9-5-2)14-15-13-11-6-3/h12H,4-11H2,1-3H3. The zero-order valence-corrected chi connectivity index (χ0v) is 10.5. The summed E-state index contributed by atoms with van der Waals surface area (Å²) in [5.41, 5.74) is 0. The van der Waals surface area contributed by atoms with E-state index in [0.717, 1.165) is 25.7 Å². The van der Waals surface area contributed by atoms with Gasteiger partial charge < -0.3 is 0 Å². The van der Waals surface area contributed by atoms with Crippen LogP contribution >= 0.6 is 0 Å². The summed E-state index contributed by atoms with van der Waals surface area (Å²) in [6.45, 7) is 6.99. The first-order valence-corrected chi connectivity index (χ1v) is 6.30. The van der Waals surface area contributed by atoms with E-state index in [2.05, 4.69) is 13.8 Å². The van der Waals surface area contributed by atoms with E-state index in [1.54, 1.807) is 0 Å². The van der Waals surface area contributed by atoms with Crippen molar-refractivity contribution in [2.75, 3.05) is 6.61 Å². The van der Waals surface area contributed by atoms with Gasteiger partial charge in [0.05, 0.1) is 12.7 Å². The Morgan fingerprint density at radius 3 is 2.27 bits per heavy atom. The largest absolute Gasteiger partial charge is 0.206 e. The molecule has 0 aromatic heterocycles. The molecule has 0 radical (unpaired) electrons. The summed E-state index contributed by atoms with van der Waals surface area (Å²) >= 11 is 0. The Bertz CT molecular complexity index is 117. The predicted octanol–water partition coefficient (Wildman–Crippen LogP) is 4.03. The van der Waals surface area contributed by atoms with E-state index in [4.69, 9.17) is 14.8 Å².